The van der Waals surface area contributed by atoms with E-state index in [0.717, 1.165) is 5.56 Å². The number of carbonyl (C=O) groups excluding carboxylic acids is 1. The Kier molecular flexibility index (Phi) is 11.6. The molecule has 4 N–H and O–H groups in total. The predicted octanol–water partition coefficient (Wildman–Crippen LogP) is -0.978. The summed E-state index contributed by atoms with van der Waals surface area (Å²) in [6.45, 7) is 3.56. The molecular formula is C23H35N5O7. The molecule has 1 heterocycles. The van der Waals surface area contributed by atoms with Gasteiger partial charge < -0.3 is 20.6 Å². The first-order chi connectivity index (χ1) is 16.7. The van der Waals surface area contributed by atoms with Gasteiger partial charge in [0.05, 0.1) is 19.6 Å². The van der Waals surface area contributed by atoms with Crippen LogP contribution in [0.4, 0.5) is 0 Å². The number of nitrogens with zero attached hydrogens (tertiary/aromatic N) is 4. The van der Waals surface area contributed by atoms with E-state index >= 15 is 0 Å². The van der Waals surface area contributed by atoms with Crippen molar-refractivity contribution < 1.29 is 34.5 Å². The summed E-state index contributed by atoms with van der Waals surface area (Å²) < 4.78 is 0. The second-order valence-corrected chi connectivity index (χ2v) is 8.56. The Bertz CT molecular complexity index is 832. The van der Waals surface area contributed by atoms with Crippen LogP contribution in [-0.2, 0) is 20.9 Å². The molecule has 0 radical (unpaired) electrons. The Morgan fingerprint density at radius 1 is 0.657 bits per heavy atom. The minimum absolute atomic E-state index is 0.152. The van der Waals surface area contributed by atoms with Gasteiger partial charge in [0.2, 0.25) is 0 Å². The lowest BCUT2D eigenvalue weighted by Crippen LogP contribution is -2.48. The molecule has 1 aromatic rings. The van der Waals surface area contributed by atoms with E-state index in [4.69, 9.17) is 0 Å². The number of carboxylic acids is 3. The van der Waals surface area contributed by atoms with Crippen molar-refractivity contribution >= 4 is 23.8 Å². The number of rotatable bonds is 9. The molecule has 0 bridgehead atoms. The number of hydrogen-bond acceptors (Lipinski definition) is 8. The fourth-order valence-electron chi connectivity index (χ4n) is 3.95. The molecule has 35 heavy (non-hydrogen) atoms. The average Bonchev–Trinajstić information content (AvgIpc) is 2.79. The maximum Gasteiger partial charge on any atom is 0.317 e. The standard InChI is InChI=1S/C23H35N5O7/c1-24-23(35)19-4-2-18(3-5-19)14-25-6-8-26(15-20(29)30)10-12-28(17-22(33)34)13-11-27(9-7-25)16-21(31)32/h2-5H,6-17H2,1H3,(H,24,35)(H,29,30)(H,31,32)(H,33,34). The van der Waals surface area contributed by atoms with Gasteiger partial charge in [0.1, 0.15) is 0 Å². The van der Waals surface area contributed by atoms with E-state index in [9.17, 15) is 34.5 Å². The molecule has 12 heteroatoms. The van der Waals surface area contributed by atoms with E-state index in [1.807, 2.05) is 12.1 Å². The molecule has 0 saturated carbocycles. The van der Waals surface area contributed by atoms with Crippen LogP contribution >= 0.6 is 0 Å². The first kappa shape index (κ1) is 28.2. The summed E-state index contributed by atoms with van der Waals surface area (Å²) >= 11 is 0. The van der Waals surface area contributed by atoms with Crippen LogP contribution in [0.2, 0.25) is 0 Å². The van der Waals surface area contributed by atoms with Crippen molar-refractivity contribution in [3.8, 4) is 0 Å². The zero-order chi connectivity index (χ0) is 25.8. The lowest BCUT2D eigenvalue weighted by atomic mass is 10.1. The molecule has 1 fully saturated rings. The van der Waals surface area contributed by atoms with Crippen molar-refractivity contribution in [2.24, 2.45) is 0 Å². The van der Waals surface area contributed by atoms with Crippen molar-refractivity contribution in [2.45, 2.75) is 6.54 Å². The van der Waals surface area contributed by atoms with Gasteiger partial charge in [0.15, 0.2) is 0 Å². The summed E-state index contributed by atoms with van der Waals surface area (Å²) in [6.07, 6.45) is 0. The van der Waals surface area contributed by atoms with Crippen LogP contribution in [0.5, 0.6) is 0 Å². The van der Waals surface area contributed by atoms with Crippen LogP contribution in [0.1, 0.15) is 15.9 Å². The summed E-state index contributed by atoms with van der Waals surface area (Å²) in [4.78, 5) is 53.2. The Morgan fingerprint density at radius 2 is 1.00 bits per heavy atom. The number of carboxylic acid groups (broad SMARTS) is 3. The van der Waals surface area contributed by atoms with Crippen molar-refractivity contribution in [2.75, 3.05) is 79.0 Å². The van der Waals surface area contributed by atoms with Crippen LogP contribution in [0.15, 0.2) is 24.3 Å². The minimum Gasteiger partial charge on any atom is -0.480 e. The van der Waals surface area contributed by atoms with Crippen LogP contribution in [0.3, 0.4) is 0 Å². The molecule has 0 spiro atoms. The first-order valence-corrected chi connectivity index (χ1v) is 11.5. The third-order valence-corrected chi connectivity index (χ3v) is 5.86. The molecule has 194 valence electrons. The van der Waals surface area contributed by atoms with Gasteiger partial charge in [-0.25, -0.2) is 0 Å². The number of nitrogens with one attached hydrogen (secondary N) is 1. The topological polar surface area (TPSA) is 154 Å². The van der Waals surface area contributed by atoms with E-state index in [1.54, 1.807) is 33.9 Å². The highest BCUT2D eigenvalue weighted by Gasteiger charge is 2.20. The van der Waals surface area contributed by atoms with Crippen molar-refractivity contribution in [3.63, 3.8) is 0 Å². The highest BCUT2D eigenvalue weighted by Crippen LogP contribution is 2.09. The van der Waals surface area contributed by atoms with E-state index in [1.165, 1.54) is 0 Å². The third kappa shape index (κ3) is 10.8. The minimum atomic E-state index is -0.986. The molecule has 0 aliphatic carbocycles. The van der Waals surface area contributed by atoms with Gasteiger partial charge in [-0.05, 0) is 17.7 Å². The van der Waals surface area contributed by atoms with Gasteiger partial charge in [-0.2, -0.15) is 0 Å². The molecule has 1 aromatic carbocycles. The van der Waals surface area contributed by atoms with Gasteiger partial charge in [-0.15, -0.1) is 0 Å². The molecule has 1 aliphatic heterocycles. The summed E-state index contributed by atoms with van der Waals surface area (Å²) in [5, 5.41) is 30.4. The molecule has 0 atom stereocenters. The van der Waals surface area contributed by atoms with Gasteiger partial charge in [0, 0.05) is 71.5 Å². The fourth-order valence-corrected chi connectivity index (χ4v) is 3.95. The average molecular weight is 494 g/mol. The molecule has 1 amide bonds. The van der Waals surface area contributed by atoms with E-state index in [-0.39, 0.29) is 25.5 Å². The van der Waals surface area contributed by atoms with E-state index in [2.05, 4.69) is 10.2 Å². The largest absolute Gasteiger partial charge is 0.480 e. The second-order valence-electron chi connectivity index (χ2n) is 8.56. The Labute approximate surface area is 204 Å². The molecule has 2 rings (SSSR count). The van der Waals surface area contributed by atoms with Gasteiger partial charge >= 0.3 is 17.9 Å². The van der Waals surface area contributed by atoms with Crippen molar-refractivity contribution in [3.05, 3.63) is 35.4 Å². The summed E-state index contributed by atoms with van der Waals surface area (Å²) in [5.41, 5.74) is 1.53. The number of carbonyl (C=O) groups is 4. The van der Waals surface area contributed by atoms with Gasteiger partial charge in [-0.1, -0.05) is 12.1 Å². The number of benzene rings is 1. The van der Waals surface area contributed by atoms with Crippen LogP contribution < -0.4 is 5.32 Å². The van der Waals surface area contributed by atoms with Crippen LogP contribution in [0.25, 0.3) is 0 Å². The molecular weight excluding hydrogens is 458 g/mol. The molecule has 1 saturated heterocycles. The van der Waals surface area contributed by atoms with Gasteiger partial charge in [0.25, 0.3) is 5.91 Å². The van der Waals surface area contributed by atoms with Gasteiger partial charge in [-0.3, -0.25) is 38.8 Å². The number of hydrogen-bond donors (Lipinski definition) is 4. The lowest BCUT2D eigenvalue weighted by molar-refractivity contribution is -0.140. The molecule has 12 nitrogen and oxygen atoms in total. The Hall–Kier alpha value is -3.06. The normalized spacial score (nSPS) is 17.7. The van der Waals surface area contributed by atoms with E-state index < -0.39 is 17.9 Å². The fraction of sp³-hybridized carbons (Fsp3) is 0.565. The second kappa shape index (κ2) is 14.4. The molecule has 0 aromatic heterocycles. The monoisotopic (exact) mass is 493 g/mol. The number of amides is 1. The molecule has 0 unspecified atom stereocenters. The zero-order valence-electron chi connectivity index (χ0n) is 20.1. The highest BCUT2D eigenvalue weighted by molar-refractivity contribution is 5.93. The third-order valence-electron chi connectivity index (χ3n) is 5.86. The molecule has 1 aliphatic rings. The smallest absolute Gasteiger partial charge is 0.317 e. The van der Waals surface area contributed by atoms with Crippen LogP contribution in [-0.4, -0.2) is 138 Å². The van der Waals surface area contributed by atoms with E-state index in [0.29, 0.717) is 64.5 Å². The highest BCUT2D eigenvalue weighted by atomic mass is 16.4. The predicted molar refractivity (Wildman–Crippen MR) is 127 cm³/mol. The first-order valence-electron chi connectivity index (χ1n) is 11.5. The lowest BCUT2D eigenvalue weighted by Gasteiger charge is -2.33. The Balaban J connectivity index is 2.17. The maximum atomic E-state index is 11.8. The summed E-state index contributed by atoms with van der Waals surface area (Å²) in [6, 6.07) is 7.23. The SMILES string of the molecule is CNC(=O)c1ccc(CN2CCN(CC(=O)O)CCN(CC(=O)O)CCN(CC(=O)O)CC2)cc1. The van der Waals surface area contributed by atoms with Crippen LogP contribution in [0, 0.1) is 0 Å². The zero-order valence-corrected chi connectivity index (χ0v) is 20.1. The maximum absolute atomic E-state index is 11.8. The van der Waals surface area contributed by atoms with Crippen molar-refractivity contribution in [1.82, 2.24) is 24.9 Å². The summed E-state index contributed by atoms with van der Waals surface area (Å²) in [7, 11) is 1.57. The quantitative estimate of drug-likeness (QED) is 0.336. The van der Waals surface area contributed by atoms with Crippen molar-refractivity contribution in [1.29, 1.82) is 0 Å². The number of aliphatic carboxylic acids is 3. The summed E-state index contributed by atoms with van der Waals surface area (Å²) in [5.74, 6) is -3.06. The Morgan fingerprint density at radius 3 is 1.31 bits per heavy atom.